The molecule has 1 aliphatic heterocycles. The van der Waals surface area contributed by atoms with Crippen LogP contribution in [0.2, 0.25) is 0 Å². The molecule has 0 spiro atoms. The number of hydrogen-bond acceptors (Lipinski definition) is 2. The molecule has 0 bridgehead atoms. The Morgan fingerprint density at radius 2 is 2.13 bits per heavy atom. The van der Waals surface area contributed by atoms with Crippen molar-refractivity contribution in [3.8, 4) is 0 Å². The number of fused-ring (bicyclic) bond motifs is 3. The van der Waals surface area contributed by atoms with Gasteiger partial charge in [0.15, 0.2) is 0 Å². The summed E-state index contributed by atoms with van der Waals surface area (Å²) in [5, 5.41) is 7.16. The van der Waals surface area contributed by atoms with E-state index in [9.17, 15) is 4.79 Å². The number of nitrogens with one attached hydrogen (secondary N) is 2. The molecule has 0 radical (unpaired) electrons. The number of nitrogens with zero attached hydrogens (tertiary/aromatic N) is 1. The minimum absolute atomic E-state index is 0.00177. The third kappa shape index (κ3) is 2.72. The maximum absolute atomic E-state index is 12.4. The summed E-state index contributed by atoms with van der Waals surface area (Å²) in [5.74, 6) is 0. The molecule has 4 nitrogen and oxygen atoms in total. The maximum atomic E-state index is 12.4. The number of urea groups is 1. The van der Waals surface area contributed by atoms with Crippen LogP contribution in [0.15, 0.2) is 35.7 Å². The van der Waals surface area contributed by atoms with E-state index in [1.54, 1.807) is 11.3 Å². The number of rotatable bonds is 1. The molecule has 2 N–H and O–H groups in total. The van der Waals surface area contributed by atoms with Crippen molar-refractivity contribution in [2.75, 3.05) is 18.4 Å². The molecule has 3 heterocycles. The molecule has 0 fully saturated rings. The summed E-state index contributed by atoms with van der Waals surface area (Å²) in [6, 6.07) is 10.4. The molecule has 5 heteroatoms. The van der Waals surface area contributed by atoms with Crippen molar-refractivity contribution in [3.63, 3.8) is 0 Å². The first-order chi connectivity index (χ1) is 11.2. The van der Waals surface area contributed by atoms with Gasteiger partial charge in [0.05, 0.1) is 5.00 Å². The number of aromatic amines is 1. The fourth-order valence-corrected chi connectivity index (χ4v) is 3.87. The van der Waals surface area contributed by atoms with E-state index >= 15 is 0 Å². The Hall–Kier alpha value is -2.27. The molecule has 1 aliphatic rings. The summed E-state index contributed by atoms with van der Waals surface area (Å²) in [5.41, 5.74) is 5.13. The molecule has 0 saturated heterocycles. The monoisotopic (exact) mass is 325 g/mol. The summed E-state index contributed by atoms with van der Waals surface area (Å²) in [6.07, 6.45) is 1.78. The van der Waals surface area contributed by atoms with Crippen molar-refractivity contribution < 1.29 is 4.79 Å². The molecular formula is C18H19N3OS. The van der Waals surface area contributed by atoms with Crippen LogP contribution < -0.4 is 5.32 Å². The molecule has 0 saturated carbocycles. The number of aromatic nitrogens is 1. The highest BCUT2D eigenvalue weighted by Gasteiger charge is 2.21. The standard InChI is InChI=1S/C18H19N3OS/c1-12-4-5-15-14(11-12)13-6-8-21(9-7-16(13)19-15)18(22)20-17-3-2-10-23-17/h2-5,10-11,19H,6-9H2,1H3,(H,20,22). The number of H-pyrrole nitrogens is 1. The van der Waals surface area contributed by atoms with Crippen molar-refractivity contribution in [3.05, 3.63) is 52.5 Å². The fourth-order valence-electron chi connectivity index (χ4n) is 3.26. The van der Waals surface area contributed by atoms with Crippen LogP contribution in [-0.2, 0) is 12.8 Å². The summed E-state index contributed by atoms with van der Waals surface area (Å²) in [4.78, 5) is 17.9. The summed E-state index contributed by atoms with van der Waals surface area (Å²) < 4.78 is 0. The second kappa shape index (κ2) is 5.74. The van der Waals surface area contributed by atoms with Crippen LogP contribution in [0.5, 0.6) is 0 Å². The summed E-state index contributed by atoms with van der Waals surface area (Å²) in [7, 11) is 0. The third-order valence-corrected chi connectivity index (χ3v) is 5.24. The molecule has 23 heavy (non-hydrogen) atoms. The number of aryl methyl sites for hydroxylation is 1. The topological polar surface area (TPSA) is 48.1 Å². The third-order valence-electron chi connectivity index (χ3n) is 4.45. The molecule has 2 amide bonds. The summed E-state index contributed by atoms with van der Waals surface area (Å²) in [6.45, 7) is 3.62. The Morgan fingerprint density at radius 1 is 1.26 bits per heavy atom. The molecule has 0 unspecified atom stereocenters. The Balaban J connectivity index is 1.54. The Labute approximate surface area is 139 Å². The van der Waals surface area contributed by atoms with E-state index in [-0.39, 0.29) is 6.03 Å². The highest BCUT2D eigenvalue weighted by atomic mass is 32.1. The van der Waals surface area contributed by atoms with Crippen LogP contribution >= 0.6 is 11.3 Å². The van der Waals surface area contributed by atoms with Gasteiger partial charge in [-0.25, -0.2) is 4.79 Å². The van der Waals surface area contributed by atoms with Gasteiger partial charge in [0.1, 0.15) is 0 Å². The second-order valence-corrected chi connectivity index (χ2v) is 6.97. The molecule has 118 valence electrons. The zero-order valence-electron chi connectivity index (χ0n) is 13.1. The van der Waals surface area contributed by atoms with Crippen molar-refractivity contribution in [1.29, 1.82) is 0 Å². The van der Waals surface area contributed by atoms with Crippen LogP contribution in [0.25, 0.3) is 10.9 Å². The quantitative estimate of drug-likeness (QED) is 0.693. The number of hydrogen-bond donors (Lipinski definition) is 2. The molecule has 0 atom stereocenters. The van der Waals surface area contributed by atoms with E-state index in [1.165, 1.54) is 27.7 Å². The summed E-state index contributed by atoms with van der Waals surface area (Å²) >= 11 is 1.55. The number of carbonyl (C=O) groups is 1. The van der Waals surface area contributed by atoms with E-state index in [0.717, 1.165) is 30.9 Å². The Morgan fingerprint density at radius 3 is 2.96 bits per heavy atom. The lowest BCUT2D eigenvalue weighted by atomic mass is 10.1. The van der Waals surface area contributed by atoms with E-state index < -0.39 is 0 Å². The normalized spacial score (nSPS) is 14.6. The largest absolute Gasteiger partial charge is 0.358 e. The Bertz CT molecular complexity index is 851. The molecule has 4 rings (SSSR count). The van der Waals surface area contributed by atoms with Crippen molar-refractivity contribution in [2.24, 2.45) is 0 Å². The van der Waals surface area contributed by atoms with Crippen LogP contribution in [0.4, 0.5) is 9.80 Å². The number of thiophene rings is 1. The predicted molar refractivity (Wildman–Crippen MR) is 95.4 cm³/mol. The first-order valence-corrected chi connectivity index (χ1v) is 8.78. The number of amides is 2. The fraction of sp³-hybridized carbons (Fsp3) is 0.278. The first kappa shape index (κ1) is 14.3. The van der Waals surface area contributed by atoms with Crippen LogP contribution in [0.3, 0.4) is 0 Å². The molecule has 2 aromatic heterocycles. The van der Waals surface area contributed by atoms with E-state index in [1.807, 2.05) is 22.4 Å². The van der Waals surface area contributed by atoms with Crippen LogP contribution in [-0.4, -0.2) is 29.0 Å². The van der Waals surface area contributed by atoms with Crippen molar-refractivity contribution >= 4 is 33.3 Å². The van der Waals surface area contributed by atoms with Crippen molar-refractivity contribution in [2.45, 2.75) is 19.8 Å². The van der Waals surface area contributed by atoms with Gasteiger partial charge in [0.25, 0.3) is 0 Å². The van der Waals surface area contributed by atoms with Gasteiger partial charge < -0.3 is 9.88 Å². The Kier molecular flexibility index (Phi) is 3.58. The molecule has 1 aromatic carbocycles. The zero-order valence-corrected chi connectivity index (χ0v) is 13.9. The van der Waals surface area contributed by atoms with E-state index in [4.69, 9.17) is 0 Å². The van der Waals surface area contributed by atoms with Gasteiger partial charge in [-0.05, 0) is 48.6 Å². The highest BCUT2D eigenvalue weighted by Crippen LogP contribution is 2.27. The van der Waals surface area contributed by atoms with Gasteiger partial charge in [-0.15, -0.1) is 11.3 Å². The maximum Gasteiger partial charge on any atom is 0.322 e. The van der Waals surface area contributed by atoms with Gasteiger partial charge in [0, 0.05) is 36.1 Å². The lowest BCUT2D eigenvalue weighted by molar-refractivity contribution is 0.214. The van der Waals surface area contributed by atoms with Crippen LogP contribution in [0, 0.1) is 6.92 Å². The highest BCUT2D eigenvalue weighted by molar-refractivity contribution is 7.14. The average molecular weight is 325 g/mol. The lowest BCUT2D eigenvalue weighted by Crippen LogP contribution is -2.36. The predicted octanol–water partition coefficient (Wildman–Crippen LogP) is 4.17. The van der Waals surface area contributed by atoms with Gasteiger partial charge in [-0.3, -0.25) is 5.32 Å². The molecular weight excluding hydrogens is 306 g/mol. The second-order valence-electron chi connectivity index (χ2n) is 6.03. The zero-order chi connectivity index (χ0) is 15.8. The van der Waals surface area contributed by atoms with E-state index in [0.29, 0.717) is 0 Å². The van der Waals surface area contributed by atoms with Gasteiger partial charge in [-0.2, -0.15) is 0 Å². The molecule has 0 aliphatic carbocycles. The first-order valence-electron chi connectivity index (χ1n) is 7.90. The SMILES string of the molecule is Cc1ccc2[nH]c3c(c2c1)CCN(C(=O)Nc1cccs1)CC3. The number of anilines is 1. The van der Waals surface area contributed by atoms with Crippen molar-refractivity contribution in [1.82, 2.24) is 9.88 Å². The average Bonchev–Trinajstić information content (AvgIpc) is 3.10. The van der Waals surface area contributed by atoms with Gasteiger partial charge >= 0.3 is 6.03 Å². The minimum atomic E-state index is -0.00177. The van der Waals surface area contributed by atoms with Crippen LogP contribution in [0.1, 0.15) is 16.8 Å². The van der Waals surface area contributed by atoms with Gasteiger partial charge in [-0.1, -0.05) is 11.6 Å². The smallest absolute Gasteiger partial charge is 0.322 e. The number of carbonyl (C=O) groups excluding carboxylic acids is 1. The minimum Gasteiger partial charge on any atom is -0.358 e. The lowest BCUT2D eigenvalue weighted by Gasteiger charge is -2.20. The van der Waals surface area contributed by atoms with Gasteiger partial charge in [0.2, 0.25) is 0 Å². The molecule has 3 aromatic rings. The number of benzene rings is 1. The van der Waals surface area contributed by atoms with E-state index in [2.05, 4.69) is 35.4 Å².